The third kappa shape index (κ3) is 4.11. The van der Waals surface area contributed by atoms with Crippen LogP contribution in [0, 0.1) is 0 Å². The molecule has 0 saturated carbocycles. The van der Waals surface area contributed by atoms with E-state index in [0.29, 0.717) is 0 Å². The van der Waals surface area contributed by atoms with Crippen molar-refractivity contribution in [2.24, 2.45) is 0 Å². The van der Waals surface area contributed by atoms with Crippen molar-refractivity contribution in [1.82, 2.24) is 0 Å². The van der Waals surface area contributed by atoms with Gasteiger partial charge in [0.2, 0.25) is 0 Å². The molecule has 0 N–H and O–H groups in total. The fourth-order valence-electron chi connectivity index (χ4n) is 8.83. The third-order valence-corrected chi connectivity index (χ3v) is 11.0. The van der Waals surface area contributed by atoms with E-state index < -0.39 is 0 Å². The van der Waals surface area contributed by atoms with Gasteiger partial charge in [0.05, 0.1) is 0 Å². The number of benzene rings is 9. The van der Waals surface area contributed by atoms with E-state index in [9.17, 15) is 0 Å². The van der Waals surface area contributed by atoms with E-state index in [1.807, 2.05) is 0 Å². The van der Waals surface area contributed by atoms with Gasteiger partial charge in [-0.2, -0.15) is 0 Å². The number of rotatable bonds is 3. The molecule has 0 atom stereocenters. The van der Waals surface area contributed by atoms with E-state index in [4.69, 9.17) is 0 Å². The maximum atomic E-state index is 2.46. The summed E-state index contributed by atoms with van der Waals surface area (Å²) in [6, 6.07) is 63.1. The highest BCUT2D eigenvalue weighted by atomic mass is 14.4. The molecule has 9 aromatic rings. The van der Waals surface area contributed by atoms with Crippen LogP contribution in [-0.2, 0) is 5.41 Å². The van der Waals surface area contributed by atoms with Crippen molar-refractivity contribution < 1.29 is 0 Å². The van der Waals surface area contributed by atoms with Crippen molar-refractivity contribution in [1.29, 1.82) is 0 Å². The fourth-order valence-corrected chi connectivity index (χ4v) is 8.83. The Morgan fingerprint density at radius 1 is 0.327 bits per heavy atom. The molecule has 0 heteroatoms. The van der Waals surface area contributed by atoms with E-state index in [1.165, 1.54) is 98.7 Å². The largest absolute Gasteiger partial charge is 0.0622 e. The minimum absolute atomic E-state index is 0.0771. The van der Waals surface area contributed by atoms with Crippen LogP contribution in [0.25, 0.3) is 87.6 Å². The molecule has 0 aromatic heterocycles. The Kier molecular flexibility index (Phi) is 6.02. The Labute approximate surface area is 286 Å². The van der Waals surface area contributed by atoms with E-state index in [2.05, 4.69) is 184 Å². The molecule has 49 heavy (non-hydrogen) atoms. The van der Waals surface area contributed by atoms with Gasteiger partial charge in [-0.25, -0.2) is 0 Å². The van der Waals surface area contributed by atoms with Crippen molar-refractivity contribution in [2.75, 3.05) is 0 Å². The van der Waals surface area contributed by atoms with Gasteiger partial charge in [0.1, 0.15) is 0 Å². The number of hydrogen-bond donors (Lipinski definition) is 0. The minimum Gasteiger partial charge on any atom is -0.0622 e. The van der Waals surface area contributed by atoms with Crippen molar-refractivity contribution in [2.45, 2.75) is 19.3 Å². The molecule has 230 valence electrons. The maximum Gasteiger partial charge on any atom is 0.0165 e. The fraction of sp³-hybridized carbons (Fsp3) is 0.0612. The Balaban J connectivity index is 1.25. The molecule has 0 fully saturated rings. The first-order valence-electron chi connectivity index (χ1n) is 17.3. The molecule has 0 spiro atoms. The van der Waals surface area contributed by atoms with Gasteiger partial charge < -0.3 is 0 Å². The molecule has 0 amide bonds. The first kappa shape index (κ1) is 28.1. The monoisotopic (exact) mass is 622 g/mol. The van der Waals surface area contributed by atoms with Crippen LogP contribution >= 0.6 is 0 Å². The molecule has 0 heterocycles. The van der Waals surface area contributed by atoms with Crippen LogP contribution in [0.4, 0.5) is 0 Å². The zero-order valence-corrected chi connectivity index (χ0v) is 27.7. The normalized spacial score (nSPS) is 13.3. The standard InChI is InChI=1S/C49H34/c1-49(2)45-27-25-34(29-44(45)42-26-24-31-14-6-9-19-37(31)48(42)49)43-30-35(28-33-17-7-8-18-36(33)43)47-40-22-12-10-20-38(40)46(32-15-4-3-5-16-32)39-21-11-13-23-41(39)47/h3-30H,1-2H3. The molecule has 0 saturated heterocycles. The first-order chi connectivity index (χ1) is 24.1. The molecule has 0 bridgehead atoms. The van der Waals surface area contributed by atoms with Gasteiger partial charge in [-0.15, -0.1) is 0 Å². The minimum atomic E-state index is -0.0771. The van der Waals surface area contributed by atoms with Gasteiger partial charge in [0, 0.05) is 5.41 Å². The van der Waals surface area contributed by atoms with Crippen LogP contribution in [0.15, 0.2) is 170 Å². The lowest BCUT2D eigenvalue weighted by molar-refractivity contribution is 0.666. The van der Waals surface area contributed by atoms with Crippen LogP contribution in [-0.4, -0.2) is 0 Å². The summed E-state index contributed by atoms with van der Waals surface area (Å²) in [5, 5.41) is 10.3. The van der Waals surface area contributed by atoms with Crippen molar-refractivity contribution in [3.63, 3.8) is 0 Å². The predicted molar refractivity (Wildman–Crippen MR) is 210 cm³/mol. The number of hydrogen-bond acceptors (Lipinski definition) is 0. The van der Waals surface area contributed by atoms with E-state index in [1.54, 1.807) is 0 Å². The van der Waals surface area contributed by atoms with Gasteiger partial charge in [0.25, 0.3) is 0 Å². The average Bonchev–Trinajstić information content (AvgIpc) is 3.39. The molecule has 10 rings (SSSR count). The molecule has 0 nitrogen and oxygen atoms in total. The highest BCUT2D eigenvalue weighted by molar-refractivity contribution is 6.22. The molecular formula is C49H34. The van der Waals surface area contributed by atoms with Crippen molar-refractivity contribution >= 4 is 43.1 Å². The molecule has 0 unspecified atom stereocenters. The summed E-state index contributed by atoms with van der Waals surface area (Å²) in [5.41, 5.74) is 13.1. The summed E-state index contributed by atoms with van der Waals surface area (Å²) in [6.07, 6.45) is 0. The highest BCUT2D eigenvalue weighted by Gasteiger charge is 2.37. The summed E-state index contributed by atoms with van der Waals surface area (Å²) in [5.74, 6) is 0. The summed E-state index contributed by atoms with van der Waals surface area (Å²) < 4.78 is 0. The lowest BCUT2D eigenvalue weighted by Gasteiger charge is -2.23. The van der Waals surface area contributed by atoms with Crippen LogP contribution in [0.1, 0.15) is 25.0 Å². The second-order valence-electron chi connectivity index (χ2n) is 14.0. The topological polar surface area (TPSA) is 0 Å². The molecule has 0 aliphatic heterocycles. The zero-order chi connectivity index (χ0) is 32.7. The van der Waals surface area contributed by atoms with Gasteiger partial charge in [-0.05, 0) is 117 Å². The van der Waals surface area contributed by atoms with Crippen molar-refractivity contribution in [3.05, 3.63) is 181 Å². The average molecular weight is 623 g/mol. The van der Waals surface area contributed by atoms with Crippen LogP contribution in [0.5, 0.6) is 0 Å². The lowest BCUT2D eigenvalue weighted by atomic mass is 9.80. The van der Waals surface area contributed by atoms with E-state index in [0.717, 1.165) is 0 Å². The van der Waals surface area contributed by atoms with Crippen molar-refractivity contribution in [3.8, 4) is 44.5 Å². The van der Waals surface area contributed by atoms with E-state index in [-0.39, 0.29) is 5.41 Å². The van der Waals surface area contributed by atoms with Crippen LogP contribution < -0.4 is 0 Å². The lowest BCUT2D eigenvalue weighted by Crippen LogP contribution is -2.15. The van der Waals surface area contributed by atoms with Gasteiger partial charge in [-0.3, -0.25) is 0 Å². The summed E-state index contributed by atoms with van der Waals surface area (Å²) in [4.78, 5) is 0. The molecule has 9 aromatic carbocycles. The third-order valence-electron chi connectivity index (χ3n) is 11.0. The Morgan fingerprint density at radius 3 is 1.53 bits per heavy atom. The Bertz CT molecular complexity index is 2720. The van der Waals surface area contributed by atoms with Crippen LogP contribution in [0.3, 0.4) is 0 Å². The number of fused-ring (bicyclic) bond motifs is 8. The van der Waals surface area contributed by atoms with Crippen LogP contribution in [0.2, 0.25) is 0 Å². The molecule has 1 aliphatic rings. The highest BCUT2D eigenvalue weighted by Crippen LogP contribution is 2.53. The SMILES string of the molecule is CC1(C)c2ccc(-c3cc(-c4c5ccccc5c(-c5ccccc5)c5ccccc45)cc4ccccc34)cc2-c2ccc3ccccc3c21. The summed E-state index contributed by atoms with van der Waals surface area (Å²) in [7, 11) is 0. The second-order valence-corrected chi connectivity index (χ2v) is 14.0. The Morgan fingerprint density at radius 2 is 0.857 bits per heavy atom. The maximum absolute atomic E-state index is 2.46. The molecular weight excluding hydrogens is 589 g/mol. The zero-order valence-electron chi connectivity index (χ0n) is 27.7. The molecule has 1 aliphatic carbocycles. The van der Waals surface area contributed by atoms with Gasteiger partial charge in [-0.1, -0.05) is 166 Å². The summed E-state index contributed by atoms with van der Waals surface area (Å²) in [6.45, 7) is 4.77. The Hall–Kier alpha value is -5.98. The quantitative estimate of drug-likeness (QED) is 0.172. The first-order valence-corrected chi connectivity index (χ1v) is 17.3. The smallest absolute Gasteiger partial charge is 0.0165 e. The second kappa shape index (κ2) is 10.5. The predicted octanol–water partition coefficient (Wildman–Crippen LogP) is 13.6. The van der Waals surface area contributed by atoms with E-state index >= 15 is 0 Å². The summed E-state index contributed by atoms with van der Waals surface area (Å²) >= 11 is 0. The molecule has 0 radical (unpaired) electrons. The van der Waals surface area contributed by atoms with Gasteiger partial charge >= 0.3 is 0 Å². The van der Waals surface area contributed by atoms with Gasteiger partial charge in [0.15, 0.2) is 0 Å².